The Labute approximate surface area is 88.2 Å². The lowest BCUT2D eigenvalue weighted by molar-refractivity contribution is 0.0311. The van der Waals surface area contributed by atoms with Gasteiger partial charge in [0.05, 0.1) is 18.9 Å². The number of ether oxygens (including phenoxy) is 3. The van der Waals surface area contributed by atoms with Gasteiger partial charge in [-0.2, -0.15) is 0 Å². The van der Waals surface area contributed by atoms with Gasteiger partial charge in [-0.15, -0.1) is 0 Å². The molecule has 1 aromatic rings. The fourth-order valence-electron chi connectivity index (χ4n) is 1.49. The third kappa shape index (κ3) is 2.19. The lowest BCUT2D eigenvalue weighted by Crippen LogP contribution is -2.32. The van der Waals surface area contributed by atoms with Crippen LogP contribution in [0.5, 0.6) is 5.88 Å². The first-order valence-corrected chi connectivity index (χ1v) is 4.79. The minimum Gasteiger partial charge on any atom is -0.468 e. The van der Waals surface area contributed by atoms with Crippen LogP contribution < -0.4 is 10.5 Å². The number of nitrogens with two attached hydrogens (primary N) is 1. The second kappa shape index (κ2) is 4.46. The molecule has 2 N–H and O–H groups in total. The van der Waals surface area contributed by atoms with Gasteiger partial charge in [0.25, 0.3) is 0 Å². The molecule has 5 nitrogen and oxygen atoms in total. The molecule has 0 aliphatic carbocycles. The van der Waals surface area contributed by atoms with Crippen molar-refractivity contribution in [3.63, 3.8) is 0 Å². The van der Waals surface area contributed by atoms with Crippen LogP contribution in [0.3, 0.4) is 0 Å². The number of nitrogens with zero attached hydrogens (tertiary/aromatic N) is 1. The lowest BCUT2D eigenvalue weighted by atomic mass is 10.2. The van der Waals surface area contributed by atoms with Crippen molar-refractivity contribution >= 4 is 5.69 Å². The van der Waals surface area contributed by atoms with Crippen molar-refractivity contribution in [3.8, 4) is 5.88 Å². The molecule has 1 fully saturated rings. The van der Waals surface area contributed by atoms with Gasteiger partial charge in [-0.3, -0.25) is 0 Å². The Morgan fingerprint density at radius 2 is 2.27 bits per heavy atom. The highest BCUT2D eigenvalue weighted by molar-refractivity contribution is 5.47. The van der Waals surface area contributed by atoms with Gasteiger partial charge in [0.2, 0.25) is 5.88 Å². The average Bonchev–Trinajstić information content (AvgIpc) is 2.69. The van der Waals surface area contributed by atoms with Crippen molar-refractivity contribution in [2.24, 2.45) is 0 Å². The first-order chi connectivity index (χ1) is 7.31. The number of rotatable bonds is 3. The molecule has 0 bridgehead atoms. The minimum absolute atomic E-state index is 0.0496. The van der Waals surface area contributed by atoms with Crippen molar-refractivity contribution in [1.29, 1.82) is 0 Å². The number of nitrogen functional groups attached to an aromatic ring is 1. The quantitative estimate of drug-likeness (QED) is 0.784. The molecule has 0 radical (unpaired) electrons. The van der Waals surface area contributed by atoms with Crippen LogP contribution in [0.25, 0.3) is 0 Å². The van der Waals surface area contributed by atoms with Crippen LogP contribution >= 0.6 is 0 Å². The lowest BCUT2D eigenvalue weighted by Gasteiger charge is -2.17. The van der Waals surface area contributed by atoms with Crippen LogP contribution in [-0.4, -0.2) is 37.5 Å². The van der Waals surface area contributed by atoms with E-state index in [9.17, 15) is 0 Å². The van der Waals surface area contributed by atoms with Crippen molar-refractivity contribution in [2.45, 2.75) is 12.2 Å². The maximum atomic E-state index is 5.72. The van der Waals surface area contributed by atoms with Crippen LogP contribution in [0, 0.1) is 0 Å². The number of hydrogen-bond acceptors (Lipinski definition) is 5. The smallest absolute Gasteiger partial charge is 0.237 e. The van der Waals surface area contributed by atoms with E-state index in [2.05, 4.69) is 4.98 Å². The zero-order valence-corrected chi connectivity index (χ0v) is 8.55. The molecule has 0 amide bonds. The molecule has 2 atom stereocenters. The summed E-state index contributed by atoms with van der Waals surface area (Å²) in [7, 11) is 1.64. The molecule has 0 aromatic carbocycles. The average molecular weight is 210 g/mol. The van der Waals surface area contributed by atoms with Gasteiger partial charge in [0.1, 0.15) is 6.10 Å². The Morgan fingerprint density at radius 3 is 3.00 bits per heavy atom. The Bertz CT molecular complexity index is 332. The minimum atomic E-state index is -0.132. The van der Waals surface area contributed by atoms with Gasteiger partial charge in [-0.25, -0.2) is 4.98 Å². The summed E-state index contributed by atoms with van der Waals surface area (Å²) in [6, 6.07) is 3.51. The van der Waals surface area contributed by atoms with E-state index in [4.69, 9.17) is 19.9 Å². The van der Waals surface area contributed by atoms with Crippen LogP contribution in [0.2, 0.25) is 0 Å². The standard InChI is InChI=1S/C10H14N2O3/c1-13-8-5-14-6-9(8)15-10-7(11)3-2-4-12-10/h2-4,8-9H,5-6,11H2,1H3/t8-,9-/m0/s1. The van der Waals surface area contributed by atoms with Gasteiger partial charge in [0, 0.05) is 13.3 Å². The molecule has 1 aliphatic heterocycles. The predicted molar refractivity (Wildman–Crippen MR) is 54.7 cm³/mol. The molecular weight excluding hydrogens is 196 g/mol. The van der Waals surface area contributed by atoms with Crippen LogP contribution in [0.4, 0.5) is 5.69 Å². The summed E-state index contributed by atoms with van der Waals surface area (Å²) in [5, 5.41) is 0. The van der Waals surface area contributed by atoms with E-state index in [0.29, 0.717) is 24.8 Å². The summed E-state index contributed by atoms with van der Waals surface area (Å²) in [6.45, 7) is 1.06. The second-order valence-corrected chi connectivity index (χ2v) is 3.37. The molecule has 1 aliphatic rings. The van der Waals surface area contributed by atoms with Gasteiger partial charge >= 0.3 is 0 Å². The van der Waals surface area contributed by atoms with Gasteiger partial charge in [0.15, 0.2) is 6.10 Å². The van der Waals surface area contributed by atoms with Gasteiger partial charge in [-0.1, -0.05) is 0 Å². The Morgan fingerprint density at radius 1 is 1.47 bits per heavy atom. The largest absolute Gasteiger partial charge is 0.468 e. The molecular formula is C10H14N2O3. The highest BCUT2D eigenvalue weighted by Crippen LogP contribution is 2.21. The third-order valence-electron chi connectivity index (χ3n) is 2.35. The summed E-state index contributed by atoms with van der Waals surface area (Å²) >= 11 is 0. The predicted octanol–water partition coefficient (Wildman–Crippen LogP) is 0.456. The van der Waals surface area contributed by atoms with E-state index in [1.165, 1.54) is 0 Å². The zero-order chi connectivity index (χ0) is 10.7. The number of aromatic nitrogens is 1. The number of pyridine rings is 1. The maximum Gasteiger partial charge on any atom is 0.237 e. The first-order valence-electron chi connectivity index (χ1n) is 4.79. The number of hydrogen-bond donors (Lipinski definition) is 1. The summed E-state index contributed by atoms with van der Waals surface area (Å²) in [5.41, 5.74) is 6.24. The summed E-state index contributed by atoms with van der Waals surface area (Å²) in [5.74, 6) is 0.440. The monoisotopic (exact) mass is 210 g/mol. The van der Waals surface area contributed by atoms with E-state index in [-0.39, 0.29) is 12.2 Å². The Hall–Kier alpha value is -1.33. The van der Waals surface area contributed by atoms with E-state index in [1.54, 1.807) is 25.4 Å². The summed E-state index contributed by atoms with van der Waals surface area (Å²) < 4.78 is 16.1. The topological polar surface area (TPSA) is 66.6 Å². The van der Waals surface area contributed by atoms with Crippen molar-refractivity contribution in [2.75, 3.05) is 26.1 Å². The molecule has 2 heterocycles. The molecule has 2 rings (SSSR count). The highest BCUT2D eigenvalue weighted by Gasteiger charge is 2.30. The summed E-state index contributed by atoms with van der Waals surface area (Å²) in [6.07, 6.45) is 1.46. The van der Waals surface area contributed by atoms with E-state index < -0.39 is 0 Å². The fourth-order valence-corrected chi connectivity index (χ4v) is 1.49. The molecule has 82 valence electrons. The summed E-state index contributed by atoms with van der Waals surface area (Å²) in [4.78, 5) is 4.05. The Kier molecular flexibility index (Phi) is 3.03. The fraction of sp³-hybridized carbons (Fsp3) is 0.500. The van der Waals surface area contributed by atoms with E-state index in [1.807, 2.05) is 0 Å². The van der Waals surface area contributed by atoms with E-state index in [0.717, 1.165) is 0 Å². The van der Waals surface area contributed by atoms with Crippen LogP contribution in [-0.2, 0) is 9.47 Å². The second-order valence-electron chi connectivity index (χ2n) is 3.37. The molecule has 0 unspecified atom stereocenters. The van der Waals surface area contributed by atoms with Crippen molar-refractivity contribution < 1.29 is 14.2 Å². The molecule has 1 saturated heterocycles. The Balaban J connectivity index is 2.05. The van der Waals surface area contributed by atoms with Gasteiger partial charge < -0.3 is 19.9 Å². The molecule has 15 heavy (non-hydrogen) atoms. The maximum absolute atomic E-state index is 5.72. The highest BCUT2D eigenvalue weighted by atomic mass is 16.6. The SMILES string of the molecule is CO[C@H]1COC[C@@H]1Oc1ncccc1N. The normalized spacial score (nSPS) is 25.4. The molecule has 0 saturated carbocycles. The number of anilines is 1. The zero-order valence-electron chi connectivity index (χ0n) is 8.55. The molecule has 5 heteroatoms. The number of methoxy groups -OCH3 is 1. The van der Waals surface area contributed by atoms with Gasteiger partial charge in [-0.05, 0) is 12.1 Å². The van der Waals surface area contributed by atoms with Crippen LogP contribution in [0.1, 0.15) is 0 Å². The van der Waals surface area contributed by atoms with Crippen molar-refractivity contribution in [3.05, 3.63) is 18.3 Å². The third-order valence-corrected chi connectivity index (χ3v) is 2.35. The van der Waals surface area contributed by atoms with E-state index >= 15 is 0 Å². The first kappa shape index (κ1) is 10.2. The van der Waals surface area contributed by atoms with Crippen LogP contribution in [0.15, 0.2) is 18.3 Å². The van der Waals surface area contributed by atoms with Crippen molar-refractivity contribution in [1.82, 2.24) is 4.98 Å². The molecule has 1 aromatic heterocycles. The molecule has 0 spiro atoms.